The molecule has 0 unspecified atom stereocenters. The van der Waals surface area contributed by atoms with Crippen LogP contribution < -0.4 is 0 Å². The lowest BCUT2D eigenvalue weighted by Gasteiger charge is -2.51. The van der Waals surface area contributed by atoms with E-state index in [1.54, 1.807) is 0 Å². The highest BCUT2D eigenvalue weighted by Gasteiger charge is 2.50. The van der Waals surface area contributed by atoms with Crippen LogP contribution in [0.2, 0.25) is 0 Å². The molecule has 0 aromatic rings. The van der Waals surface area contributed by atoms with Crippen molar-refractivity contribution in [3.8, 4) is 0 Å². The maximum Gasteiger partial charge on any atom is 0.171 e. The summed E-state index contributed by atoms with van der Waals surface area (Å²) < 4.78 is 12.8. The molecule has 0 aromatic heterocycles. The van der Waals surface area contributed by atoms with Crippen LogP contribution in [0.25, 0.3) is 0 Å². The van der Waals surface area contributed by atoms with Crippen LogP contribution in [0, 0.1) is 23.2 Å². The van der Waals surface area contributed by atoms with E-state index in [1.807, 2.05) is 19.9 Å². The number of hydrogen-bond acceptors (Lipinski definition) is 3. The quantitative estimate of drug-likeness (QED) is 0.754. The molecule has 1 aliphatic heterocycles. The second-order valence-corrected chi connectivity index (χ2v) is 8.70. The summed E-state index contributed by atoms with van der Waals surface area (Å²) in [6.07, 6.45) is 6.41. The highest BCUT2D eigenvalue weighted by atomic mass is 16.7. The van der Waals surface area contributed by atoms with E-state index < -0.39 is 11.9 Å². The molecule has 134 valence electrons. The summed E-state index contributed by atoms with van der Waals surface area (Å²) in [6, 6.07) is 0. The molecule has 0 aromatic carbocycles. The van der Waals surface area contributed by atoms with Crippen molar-refractivity contribution in [1.29, 1.82) is 0 Å². The smallest absolute Gasteiger partial charge is 0.171 e. The second kappa shape index (κ2) is 7.25. The largest absolute Gasteiger partial charge is 0.392 e. The Morgan fingerprint density at radius 2 is 2.00 bits per heavy atom. The minimum absolute atomic E-state index is 0.0736. The van der Waals surface area contributed by atoms with Crippen molar-refractivity contribution >= 4 is 0 Å². The lowest BCUT2D eigenvalue weighted by Crippen LogP contribution is -2.55. The van der Waals surface area contributed by atoms with E-state index in [1.165, 1.54) is 12.8 Å². The summed E-state index contributed by atoms with van der Waals surface area (Å²) in [4.78, 5) is 0. The van der Waals surface area contributed by atoms with Gasteiger partial charge in [-0.25, -0.2) is 0 Å². The third-order valence-electron chi connectivity index (χ3n) is 6.00. The zero-order valence-electron chi connectivity index (χ0n) is 15.7. The Morgan fingerprint density at radius 3 is 2.61 bits per heavy atom. The Balaban J connectivity index is 2.10. The lowest BCUT2D eigenvalue weighted by atomic mass is 9.72. The van der Waals surface area contributed by atoms with Crippen LogP contribution >= 0.6 is 0 Å². The zero-order valence-corrected chi connectivity index (χ0v) is 15.7. The first-order valence-electron chi connectivity index (χ1n) is 9.33. The Morgan fingerprint density at radius 1 is 1.30 bits per heavy atom. The Kier molecular flexibility index (Phi) is 5.97. The van der Waals surface area contributed by atoms with Gasteiger partial charge in [0.1, 0.15) is 0 Å². The molecular formula is C20H36O3. The molecule has 0 radical (unpaired) electrons. The van der Waals surface area contributed by atoms with Gasteiger partial charge < -0.3 is 14.6 Å². The highest BCUT2D eigenvalue weighted by molar-refractivity contribution is 4.96. The fraction of sp³-hybridized carbons (Fsp3) is 0.900. The minimum atomic E-state index is -0.438. The number of aliphatic hydroxyl groups excluding tert-OH is 1. The van der Waals surface area contributed by atoms with Crippen LogP contribution in [0.5, 0.6) is 0 Å². The summed E-state index contributed by atoms with van der Waals surface area (Å²) in [6.45, 7) is 15.5. The molecule has 2 rings (SSSR count). The van der Waals surface area contributed by atoms with Crippen LogP contribution in [-0.2, 0) is 9.47 Å². The maximum absolute atomic E-state index is 10.6. The average Bonchev–Trinajstić information content (AvgIpc) is 2.46. The van der Waals surface area contributed by atoms with Crippen molar-refractivity contribution in [3.63, 3.8) is 0 Å². The first-order valence-corrected chi connectivity index (χ1v) is 9.33. The fourth-order valence-electron chi connectivity index (χ4n) is 4.16. The van der Waals surface area contributed by atoms with Gasteiger partial charge in [-0.3, -0.25) is 0 Å². The van der Waals surface area contributed by atoms with Gasteiger partial charge in [0.05, 0.1) is 18.8 Å². The zero-order chi connectivity index (χ0) is 17.3. The molecule has 1 spiro atoms. The van der Waals surface area contributed by atoms with Gasteiger partial charge in [-0.15, -0.1) is 6.58 Å². The fourth-order valence-corrected chi connectivity index (χ4v) is 4.16. The molecule has 5 atom stereocenters. The first-order chi connectivity index (χ1) is 10.7. The van der Waals surface area contributed by atoms with Crippen LogP contribution in [-0.4, -0.2) is 29.7 Å². The van der Waals surface area contributed by atoms with Gasteiger partial charge in [0.2, 0.25) is 0 Å². The Labute approximate surface area is 142 Å². The van der Waals surface area contributed by atoms with Gasteiger partial charge in [-0.2, -0.15) is 0 Å². The molecule has 0 amide bonds. The molecule has 0 bridgehead atoms. The number of ether oxygens (including phenoxy) is 2. The van der Waals surface area contributed by atoms with Crippen molar-refractivity contribution < 1.29 is 14.6 Å². The van der Waals surface area contributed by atoms with Gasteiger partial charge in [0, 0.05) is 24.2 Å². The summed E-state index contributed by atoms with van der Waals surface area (Å²) in [7, 11) is 0. The predicted molar refractivity (Wildman–Crippen MR) is 94.1 cm³/mol. The van der Waals surface area contributed by atoms with Gasteiger partial charge in [0.15, 0.2) is 5.79 Å². The SMILES string of the molecule is C=CC(C)(C)[C@H](O)C[C@@H]1CCO[C@@]2(C[C@H](C)CC[C@H]2C(C)C)O1. The minimum Gasteiger partial charge on any atom is -0.392 e. The summed E-state index contributed by atoms with van der Waals surface area (Å²) in [5.41, 5.74) is -0.286. The normalized spacial score (nSPS) is 37.1. The predicted octanol–water partition coefficient (Wildman–Crippen LogP) is 4.54. The Hall–Kier alpha value is -0.380. The molecule has 2 fully saturated rings. The number of aliphatic hydroxyl groups is 1. The molecule has 2 aliphatic rings. The van der Waals surface area contributed by atoms with Crippen molar-refractivity contribution in [1.82, 2.24) is 0 Å². The van der Waals surface area contributed by atoms with E-state index in [4.69, 9.17) is 9.47 Å². The Bertz CT molecular complexity index is 404. The molecule has 3 nitrogen and oxygen atoms in total. The van der Waals surface area contributed by atoms with Crippen LogP contribution in [0.3, 0.4) is 0 Å². The first kappa shape index (κ1) is 19.0. The van der Waals surface area contributed by atoms with Crippen molar-refractivity contribution in [2.24, 2.45) is 23.2 Å². The van der Waals surface area contributed by atoms with Crippen LogP contribution in [0.1, 0.15) is 66.7 Å². The maximum atomic E-state index is 10.6. The van der Waals surface area contributed by atoms with E-state index >= 15 is 0 Å². The third-order valence-corrected chi connectivity index (χ3v) is 6.00. The molecule has 23 heavy (non-hydrogen) atoms. The van der Waals surface area contributed by atoms with E-state index in [2.05, 4.69) is 27.4 Å². The highest BCUT2D eigenvalue weighted by Crippen LogP contribution is 2.47. The molecular weight excluding hydrogens is 288 g/mol. The van der Waals surface area contributed by atoms with Crippen molar-refractivity contribution in [3.05, 3.63) is 12.7 Å². The molecule has 1 heterocycles. The van der Waals surface area contributed by atoms with E-state index in [0.717, 1.165) is 19.4 Å². The summed E-state index contributed by atoms with van der Waals surface area (Å²) in [5, 5.41) is 10.6. The summed E-state index contributed by atoms with van der Waals surface area (Å²) in [5.74, 6) is 1.20. The molecule has 1 saturated heterocycles. The molecule has 3 heteroatoms. The van der Waals surface area contributed by atoms with Crippen molar-refractivity contribution in [2.45, 2.75) is 84.7 Å². The van der Waals surface area contributed by atoms with Gasteiger partial charge in [-0.1, -0.05) is 47.1 Å². The van der Waals surface area contributed by atoms with Gasteiger partial charge in [-0.05, 0) is 24.7 Å². The standard InChI is InChI=1S/C20H36O3/c1-7-19(5,6)18(21)12-16-10-11-22-20(23-16)13-15(4)8-9-17(20)14(2)3/h7,14-18,21H,1,8-13H2,2-6H3/t15-,16+,17+,18-,20+/m1/s1. The second-order valence-electron chi connectivity index (χ2n) is 8.70. The van der Waals surface area contributed by atoms with Crippen molar-refractivity contribution in [2.75, 3.05) is 6.61 Å². The monoisotopic (exact) mass is 324 g/mol. The number of hydrogen-bond donors (Lipinski definition) is 1. The topological polar surface area (TPSA) is 38.7 Å². The third kappa shape index (κ3) is 4.18. The van der Waals surface area contributed by atoms with Gasteiger partial charge >= 0.3 is 0 Å². The molecule has 1 saturated carbocycles. The average molecular weight is 325 g/mol. The van der Waals surface area contributed by atoms with Crippen LogP contribution in [0.15, 0.2) is 12.7 Å². The van der Waals surface area contributed by atoms with E-state index in [-0.39, 0.29) is 11.5 Å². The van der Waals surface area contributed by atoms with Gasteiger partial charge in [0.25, 0.3) is 0 Å². The molecule has 1 aliphatic carbocycles. The summed E-state index contributed by atoms with van der Waals surface area (Å²) >= 11 is 0. The molecule has 1 N–H and O–H groups in total. The van der Waals surface area contributed by atoms with Crippen LogP contribution in [0.4, 0.5) is 0 Å². The van der Waals surface area contributed by atoms with E-state index in [9.17, 15) is 5.11 Å². The number of rotatable bonds is 5. The van der Waals surface area contributed by atoms with E-state index in [0.29, 0.717) is 24.2 Å². The lowest BCUT2D eigenvalue weighted by molar-refractivity contribution is -0.341.